The van der Waals surface area contributed by atoms with Gasteiger partial charge in [0.15, 0.2) is 5.76 Å². The Labute approximate surface area is 289 Å². The fourth-order valence-electron chi connectivity index (χ4n) is 6.14. The summed E-state index contributed by atoms with van der Waals surface area (Å²) in [5, 5.41) is 30.6. The first-order valence-corrected chi connectivity index (χ1v) is 16.7. The van der Waals surface area contributed by atoms with Crippen LogP contribution in [0.5, 0.6) is 5.75 Å². The highest BCUT2D eigenvalue weighted by molar-refractivity contribution is 5.95. The SMILES string of the molecule is O=C(Nc1ccccc1-c1ccccc1)OC1CCN(CCNCC(=O)c2ccc(CNCC(O)c3ccc(O)c4[nH]c(=O)ccc34)o2)CC1. The molecule has 50 heavy (non-hydrogen) atoms. The summed E-state index contributed by atoms with van der Waals surface area (Å²) in [6, 6.07) is 26.9. The molecule has 0 spiro atoms. The summed E-state index contributed by atoms with van der Waals surface area (Å²) in [5.74, 6) is 0.581. The number of ketones is 1. The number of carbonyl (C=O) groups is 2. The Balaban J connectivity index is 0.867. The molecule has 1 atom stereocenters. The van der Waals surface area contributed by atoms with E-state index in [-0.39, 0.29) is 47.6 Å². The normalized spacial score (nSPS) is 14.4. The lowest BCUT2D eigenvalue weighted by Crippen LogP contribution is -2.42. The quantitative estimate of drug-likeness (QED) is 0.0708. The van der Waals surface area contributed by atoms with Crippen molar-refractivity contribution in [2.75, 3.05) is 44.6 Å². The van der Waals surface area contributed by atoms with Gasteiger partial charge in [-0.3, -0.25) is 14.9 Å². The number of likely N-dealkylation sites (tertiary alicyclic amines) is 1. The Morgan fingerprint density at radius 2 is 1.72 bits per heavy atom. The van der Waals surface area contributed by atoms with E-state index in [4.69, 9.17) is 9.15 Å². The van der Waals surface area contributed by atoms with Crippen LogP contribution >= 0.6 is 0 Å². The standard InChI is InChI=1S/C38H41N5O7/c44-32-13-11-29(30-12-15-36(47)42-37(30)32)33(45)23-40-22-27-10-14-35(49-27)34(46)24-39-18-21-43-19-16-26(17-20-43)50-38(48)41-31-9-5-4-8-28(31)25-6-2-1-3-7-25/h1-15,26,33,39-40,44-45H,16-24H2,(H,41,48)(H,42,47). The molecule has 12 nitrogen and oxygen atoms in total. The minimum atomic E-state index is -0.907. The van der Waals surface area contributed by atoms with Crippen molar-refractivity contribution in [1.29, 1.82) is 0 Å². The van der Waals surface area contributed by atoms with E-state index in [1.807, 2.05) is 54.6 Å². The topological polar surface area (TPSA) is 169 Å². The number of hydrogen-bond donors (Lipinski definition) is 6. The molecule has 6 rings (SSSR count). The van der Waals surface area contributed by atoms with Gasteiger partial charge in [-0.05, 0) is 54.3 Å². The summed E-state index contributed by atoms with van der Waals surface area (Å²) in [5.41, 5.74) is 3.15. The maximum Gasteiger partial charge on any atom is 0.411 e. The Morgan fingerprint density at radius 3 is 2.54 bits per heavy atom. The van der Waals surface area contributed by atoms with E-state index in [0.29, 0.717) is 35.5 Å². The lowest BCUT2D eigenvalue weighted by molar-refractivity contribution is 0.0593. The number of rotatable bonds is 14. The molecule has 1 saturated heterocycles. The van der Waals surface area contributed by atoms with Gasteiger partial charge in [0.2, 0.25) is 11.3 Å². The molecule has 0 saturated carbocycles. The van der Waals surface area contributed by atoms with Gasteiger partial charge in [0.1, 0.15) is 17.6 Å². The number of Topliss-reactive ketones (excluding diaryl/α,β-unsaturated/α-hetero) is 1. The summed E-state index contributed by atoms with van der Waals surface area (Å²) in [7, 11) is 0. The van der Waals surface area contributed by atoms with Crippen molar-refractivity contribution in [2.45, 2.75) is 31.6 Å². The van der Waals surface area contributed by atoms with E-state index in [1.165, 1.54) is 12.1 Å². The van der Waals surface area contributed by atoms with Gasteiger partial charge < -0.3 is 39.9 Å². The number of nitrogens with one attached hydrogen (secondary N) is 4. The highest BCUT2D eigenvalue weighted by Crippen LogP contribution is 2.29. The van der Waals surface area contributed by atoms with Gasteiger partial charge in [-0.1, -0.05) is 54.6 Å². The largest absolute Gasteiger partial charge is 0.506 e. The number of phenolic OH excluding ortho intramolecular Hbond substituents is 1. The summed E-state index contributed by atoms with van der Waals surface area (Å²) in [6.07, 6.45) is -0.0482. The molecule has 6 N–H and O–H groups in total. The first kappa shape index (κ1) is 34.6. The number of para-hydroxylation sites is 1. The van der Waals surface area contributed by atoms with E-state index in [2.05, 4.69) is 25.8 Å². The van der Waals surface area contributed by atoms with Gasteiger partial charge in [0.05, 0.1) is 30.4 Å². The molecule has 12 heteroatoms. The number of benzene rings is 3. The number of pyridine rings is 1. The lowest BCUT2D eigenvalue weighted by Gasteiger charge is -2.31. The Bertz CT molecular complexity index is 1970. The Morgan fingerprint density at radius 1 is 0.940 bits per heavy atom. The number of ether oxygens (including phenoxy) is 1. The predicted octanol–water partition coefficient (Wildman–Crippen LogP) is 4.80. The van der Waals surface area contributed by atoms with Crippen molar-refractivity contribution >= 4 is 28.5 Å². The maximum absolute atomic E-state index is 12.7. The number of aliphatic hydroxyl groups excluding tert-OH is 1. The van der Waals surface area contributed by atoms with E-state index in [1.54, 1.807) is 24.3 Å². The number of piperidine rings is 1. The van der Waals surface area contributed by atoms with Crippen molar-refractivity contribution in [3.63, 3.8) is 0 Å². The molecule has 1 fully saturated rings. The van der Waals surface area contributed by atoms with E-state index in [9.17, 15) is 24.6 Å². The molecule has 260 valence electrons. The zero-order valence-electron chi connectivity index (χ0n) is 27.6. The van der Waals surface area contributed by atoms with Crippen molar-refractivity contribution in [3.05, 3.63) is 118 Å². The molecule has 1 aliphatic rings. The number of anilines is 1. The number of carbonyl (C=O) groups excluding carboxylic acids is 2. The summed E-state index contributed by atoms with van der Waals surface area (Å²) in [4.78, 5) is 41.9. The first-order chi connectivity index (χ1) is 24.3. The van der Waals surface area contributed by atoms with Crippen molar-refractivity contribution in [2.24, 2.45) is 0 Å². The maximum atomic E-state index is 12.7. The fraction of sp³-hybridized carbons (Fsp3) is 0.289. The number of furan rings is 1. The fourth-order valence-corrected chi connectivity index (χ4v) is 6.14. The molecule has 1 unspecified atom stereocenters. The second-order valence-corrected chi connectivity index (χ2v) is 12.3. The van der Waals surface area contributed by atoms with E-state index >= 15 is 0 Å². The van der Waals surface area contributed by atoms with Crippen molar-refractivity contribution in [3.8, 4) is 16.9 Å². The number of H-pyrrole nitrogens is 1. The highest BCUT2D eigenvalue weighted by Gasteiger charge is 2.23. The van der Waals surface area contributed by atoms with Crippen LogP contribution in [0.3, 0.4) is 0 Å². The molecule has 3 aromatic carbocycles. The number of amides is 1. The van der Waals surface area contributed by atoms with Crippen LogP contribution in [-0.2, 0) is 11.3 Å². The third-order valence-electron chi connectivity index (χ3n) is 8.79. The number of aliphatic hydroxyl groups is 1. The van der Waals surface area contributed by atoms with Crippen LogP contribution in [0.15, 0.2) is 100 Å². The molecule has 0 aliphatic carbocycles. The summed E-state index contributed by atoms with van der Waals surface area (Å²) < 4.78 is 11.5. The van der Waals surface area contributed by atoms with Gasteiger partial charge >= 0.3 is 6.09 Å². The number of phenols is 1. The molecular formula is C38H41N5O7. The van der Waals surface area contributed by atoms with Crippen molar-refractivity contribution < 1.29 is 29.0 Å². The minimum absolute atomic E-state index is 0.0701. The third kappa shape index (κ3) is 8.84. The number of nitrogens with zero attached hydrogens (tertiary/aromatic N) is 1. The van der Waals surface area contributed by atoms with E-state index in [0.717, 1.165) is 43.6 Å². The summed E-state index contributed by atoms with van der Waals surface area (Å²) >= 11 is 0. The van der Waals surface area contributed by atoms with Crippen LogP contribution < -0.4 is 21.5 Å². The second-order valence-electron chi connectivity index (χ2n) is 12.3. The van der Waals surface area contributed by atoms with Crippen LogP contribution in [0.2, 0.25) is 0 Å². The molecule has 3 heterocycles. The average molecular weight is 680 g/mol. The van der Waals surface area contributed by atoms with Gasteiger partial charge in [-0.15, -0.1) is 0 Å². The van der Waals surface area contributed by atoms with Crippen LogP contribution in [0.4, 0.5) is 10.5 Å². The first-order valence-electron chi connectivity index (χ1n) is 16.7. The molecule has 5 aromatic rings. The zero-order valence-corrected chi connectivity index (χ0v) is 27.6. The summed E-state index contributed by atoms with van der Waals surface area (Å²) in [6.45, 7) is 3.59. The van der Waals surface area contributed by atoms with Crippen LogP contribution in [0.1, 0.15) is 40.8 Å². The minimum Gasteiger partial charge on any atom is -0.506 e. The monoisotopic (exact) mass is 679 g/mol. The average Bonchev–Trinajstić information content (AvgIpc) is 3.61. The Hall–Kier alpha value is -5.27. The van der Waals surface area contributed by atoms with Crippen molar-refractivity contribution in [1.82, 2.24) is 20.5 Å². The molecular weight excluding hydrogens is 638 g/mol. The predicted molar refractivity (Wildman–Crippen MR) is 190 cm³/mol. The lowest BCUT2D eigenvalue weighted by atomic mass is 10.0. The van der Waals surface area contributed by atoms with Gasteiger partial charge in [0, 0.05) is 49.7 Å². The molecule has 0 radical (unpaired) electrons. The second kappa shape index (κ2) is 16.4. The third-order valence-corrected chi connectivity index (χ3v) is 8.79. The number of aromatic hydroxyl groups is 1. The van der Waals surface area contributed by atoms with Crippen LogP contribution in [-0.4, -0.2) is 77.3 Å². The molecule has 0 bridgehead atoms. The number of aromatic nitrogens is 1. The van der Waals surface area contributed by atoms with Gasteiger partial charge in [-0.25, -0.2) is 4.79 Å². The number of aromatic amines is 1. The molecule has 1 aliphatic heterocycles. The molecule has 1 amide bonds. The van der Waals surface area contributed by atoms with Gasteiger partial charge in [0.25, 0.3) is 0 Å². The number of fused-ring (bicyclic) bond motifs is 1. The zero-order chi connectivity index (χ0) is 34.9. The van der Waals surface area contributed by atoms with Crippen LogP contribution in [0, 0.1) is 0 Å². The Kier molecular flexibility index (Phi) is 11.4. The molecule has 2 aromatic heterocycles. The van der Waals surface area contributed by atoms with Crippen LogP contribution in [0.25, 0.3) is 22.0 Å². The number of hydrogen-bond acceptors (Lipinski definition) is 10. The van der Waals surface area contributed by atoms with E-state index < -0.39 is 12.2 Å². The van der Waals surface area contributed by atoms with Gasteiger partial charge in [-0.2, -0.15) is 0 Å². The highest BCUT2D eigenvalue weighted by atomic mass is 16.6. The smallest absolute Gasteiger partial charge is 0.411 e.